The number of aromatic nitrogens is 3. The minimum atomic E-state index is -0.410. The number of hydrogen-bond acceptors (Lipinski definition) is 4. The topological polar surface area (TPSA) is 94.9 Å². The standard InChI is InChI=1S/C11H13N5O2/c1-15-5-7(3-4-9(15)17)13-11(18)10-8(12)6-16(2)14-10/h3-6H,12H2,1-2H3,(H,13,18). The maximum absolute atomic E-state index is 11.9. The van der Waals surface area contributed by atoms with Crippen LogP contribution in [0.1, 0.15) is 10.5 Å². The second-order valence-electron chi connectivity index (χ2n) is 3.93. The average molecular weight is 247 g/mol. The smallest absolute Gasteiger partial charge is 0.278 e. The van der Waals surface area contributed by atoms with Crippen molar-refractivity contribution < 1.29 is 4.79 Å². The Morgan fingerprint density at radius 3 is 2.61 bits per heavy atom. The lowest BCUT2D eigenvalue weighted by molar-refractivity contribution is 0.102. The molecule has 0 saturated heterocycles. The van der Waals surface area contributed by atoms with E-state index < -0.39 is 5.91 Å². The second-order valence-corrected chi connectivity index (χ2v) is 3.93. The molecule has 2 aromatic rings. The molecule has 94 valence electrons. The molecule has 0 aliphatic carbocycles. The van der Waals surface area contributed by atoms with Crippen LogP contribution in [0.4, 0.5) is 11.4 Å². The van der Waals surface area contributed by atoms with Crippen LogP contribution in [0.5, 0.6) is 0 Å². The van der Waals surface area contributed by atoms with Crippen molar-refractivity contribution in [1.82, 2.24) is 14.3 Å². The van der Waals surface area contributed by atoms with Gasteiger partial charge in [-0.3, -0.25) is 14.3 Å². The highest BCUT2D eigenvalue weighted by molar-refractivity contribution is 6.06. The number of hydrogen-bond donors (Lipinski definition) is 2. The molecule has 0 bridgehead atoms. The molecule has 0 atom stereocenters. The molecule has 0 fully saturated rings. The van der Waals surface area contributed by atoms with Gasteiger partial charge in [0.15, 0.2) is 5.69 Å². The van der Waals surface area contributed by atoms with Crippen molar-refractivity contribution in [2.75, 3.05) is 11.1 Å². The summed E-state index contributed by atoms with van der Waals surface area (Å²) in [6.45, 7) is 0. The van der Waals surface area contributed by atoms with Gasteiger partial charge in [0, 0.05) is 32.6 Å². The highest BCUT2D eigenvalue weighted by Gasteiger charge is 2.14. The van der Waals surface area contributed by atoms with Crippen molar-refractivity contribution in [1.29, 1.82) is 0 Å². The van der Waals surface area contributed by atoms with E-state index in [-0.39, 0.29) is 11.3 Å². The van der Waals surface area contributed by atoms with Crippen LogP contribution >= 0.6 is 0 Å². The first-order valence-electron chi connectivity index (χ1n) is 5.24. The number of nitrogens with two attached hydrogens (primary N) is 1. The van der Waals surface area contributed by atoms with Gasteiger partial charge in [0.2, 0.25) is 5.56 Å². The Hall–Kier alpha value is -2.57. The predicted octanol–water partition coefficient (Wildman–Crippen LogP) is -0.0467. The predicted molar refractivity (Wildman–Crippen MR) is 67.3 cm³/mol. The van der Waals surface area contributed by atoms with Gasteiger partial charge in [-0.2, -0.15) is 5.10 Å². The lowest BCUT2D eigenvalue weighted by atomic mass is 10.3. The van der Waals surface area contributed by atoms with Crippen LogP contribution in [-0.2, 0) is 14.1 Å². The molecule has 2 rings (SSSR count). The van der Waals surface area contributed by atoms with Crippen LogP contribution in [0.25, 0.3) is 0 Å². The third kappa shape index (κ3) is 2.24. The zero-order valence-corrected chi connectivity index (χ0v) is 10.0. The Kier molecular flexibility index (Phi) is 2.88. The molecule has 18 heavy (non-hydrogen) atoms. The van der Waals surface area contributed by atoms with Gasteiger partial charge in [-0.1, -0.05) is 0 Å². The summed E-state index contributed by atoms with van der Waals surface area (Å²) in [6.07, 6.45) is 3.08. The summed E-state index contributed by atoms with van der Waals surface area (Å²) in [5.74, 6) is -0.410. The first-order valence-corrected chi connectivity index (χ1v) is 5.24. The first-order chi connectivity index (χ1) is 8.47. The fourth-order valence-corrected chi connectivity index (χ4v) is 1.54. The van der Waals surface area contributed by atoms with Crippen molar-refractivity contribution in [3.63, 3.8) is 0 Å². The third-order valence-corrected chi connectivity index (χ3v) is 2.42. The number of amides is 1. The largest absolute Gasteiger partial charge is 0.396 e. The van der Waals surface area contributed by atoms with E-state index in [0.29, 0.717) is 11.4 Å². The quantitative estimate of drug-likeness (QED) is 0.778. The number of aryl methyl sites for hydroxylation is 2. The molecule has 0 aromatic carbocycles. The van der Waals surface area contributed by atoms with Crippen molar-refractivity contribution in [2.24, 2.45) is 14.1 Å². The number of carbonyl (C=O) groups excluding carboxylic acids is 1. The fourth-order valence-electron chi connectivity index (χ4n) is 1.54. The van der Waals surface area contributed by atoms with Gasteiger partial charge < -0.3 is 15.6 Å². The van der Waals surface area contributed by atoms with E-state index in [9.17, 15) is 9.59 Å². The molecule has 0 spiro atoms. The second kappa shape index (κ2) is 4.36. The SMILES string of the molecule is Cn1cc(N)c(C(=O)Nc2ccc(=O)n(C)c2)n1. The summed E-state index contributed by atoms with van der Waals surface area (Å²) in [5.41, 5.74) is 6.47. The Morgan fingerprint density at radius 1 is 1.33 bits per heavy atom. The number of anilines is 2. The fraction of sp³-hybridized carbons (Fsp3) is 0.182. The van der Waals surface area contributed by atoms with E-state index >= 15 is 0 Å². The molecule has 0 unspecified atom stereocenters. The number of nitrogens with one attached hydrogen (secondary N) is 1. The van der Waals surface area contributed by atoms with Crippen molar-refractivity contribution in [3.8, 4) is 0 Å². The van der Waals surface area contributed by atoms with Crippen molar-refractivity contribution >= 4 is 17.3 Å². The first kappa shape index (κ1) is 11.9. The van der Waals surface area contributed by atoms with Gasteiger partial charge in [0.25, 0.3) is 5.91 Å². The van der Waals surface area contributed by atoms with Crippen LogP contribution in [0.3, 0.4) is 0 Å². The highest BCUT2D eigenvalue weighted by atomic mass is 16.2. The van der Waals surface area contributed by atoms with Crippen LogP contribution < -0.4 is 16.6 Å². The summed E-state index contributed by atoms with van der Waals surface area (Å²) in [7, 11) is 3.28. The van der Waals surface area contributed by atoms with Gasteiger partial charge in [0.1, 0.15) is 0 Å². The van der Waals surface area contributed by atoms with E-state index in [0.717, 1.165) is 0 Å². The summed E-state index contributed by atoms with van der Waals surface area (Å²) in [6, 6.07) is 2.90. The normalized spacial score (nSPS) is 10.3. The van der Waals surface area contributed by atoms with E-state index in [1.54, 1.807) is 20.3 Å². The maximum Gasteiger partial charge on any atom is 0.278 e. The molecular formula is C11H13N5O2. The van der Waals surface area contributed by atoms with Crippen molar-refractivity contribution in [2.45, 2.75) is 0 Å². The number of carbonyl (C=O) groups is 1. The van der Waals surface area contributed by atoms with Gasteiger partial charge in [0.05, 0.1) is 11.4 Å². The van der Waals surface area contributed by atoms with E-state index in [1.165, 1.54) is 27.6 Å². The maximum atomic E-state index is 11.9. The van der Waals surface area contributed by atoms with Crippen LogP contribution in [0.15, 0.2) is 29.3 Å². The molecule has 1 amide bonds. The van der Waals surface area contributed by atoms with E-state index in [2.05, 4.69) is 10.4 Å². The monoisotopic (exact) mass is 247 g/mol. The third-order valence-electron chi connectivity index (χ3n) is 2.42. The van der Waals surface area contributed by atoms with Gasteiger partial charge in [-0.15, -0.1) is 0 Å². The van der Waals surface area contributed by atoms with Crippen LogP contribution in [0.2, 0.25) is 0 Å². The summed E-state index contributed by atoms with van der Waals surface area (Å²) >= 11 is 0. The molecule has 0 aliphatic heterocycles. The Morgan fingerprint density at radius 2 is 2.06 bits per heavy atom. The van der Waals surface area contributed by atoms with Crippen LogP contribution in [0, 0.1) is 0 Å². The minimum absolute atomic E-state index is 0.148. The Balaban J connectivity index is 2.24. The molecule has 0 aliphatic rings. The lowest BCUT2D eigenvalue weighted by Gasteiger charge is -2.05. The van der Waals surface area contributed by atoms with Crippen LogP contribution in [-0.4, -0.2) is 20.3 Å². The van der Waals surface area contributed by atoms with Gasteiger partial charge in [-0.25, -0.2) is 0 Å². The molecule has 0 radical (unpaired) electrons. The van der Waals surface area contributed by atoms with Crippen molar-refractivity contribution in [3.05, 3.63) is 40.6 Å². The molecule has 2 heterocycles. The summed E-state index contributed by atoms with van der Waals surface area (Å²) in [4.78, 5) is 23.1. The average Bonchev–Trinajstić information content (AvgIpc) is 2.63. The van der Waals surface area contributed by atoms with Gasteiger partial charge in [-0.05, 0) is 6.07 Å². The minimum Gasteiger partial charge on any atom is -0.396 e. The highest BCUT2D eigenvalue weighted by Crippen LogP contribution is 2.11. The summed E-state index contributed by atoms with van der Waals surface area (Å²) in [5, 5.41) is 6.58. The molecule has 0 saturated carbocycles. The summed E-state index contributed by atoms with van der Waals surface area (Å²) < 4.78 is 2.84. The number of nitrogen functional groups attached to an aromatic ring is 1. The molecular weight excluding hydrogens is 234 g/mol. The Bertz CT molecular complexity index is 656. The van der Waals surface area contributed by atoms with Gasteiger partial charge >= 0.3 is 0 Å². The number of nitrogens with zero attached hydrogens (tertiary/aromatic N) is 3. The lowest BCUT2D eigenvalue weighted by Crippen LogP contribution is -2.19. The van der Waals surface area contributed by atoms with E-state index in [1.807, 2.05) is 0 Å². The Labute approximate surface area is 103 Å². The molecule has 2 aromatic heterocycles. The number of rotatable bonds is 2. The zero-order valence-electron chi connectivity index (χ0n) is 10.0. The molecule has 7 heteroatoms. The van der Waals surface area contributed by atoms with E-state index in [4.69, 9.17) is 5.73 Å². The number of pyridine rings is 1. The zero-order chi connectivity index (χ0) is 13.3. The molecule has 7 nitrogen and oxygen atoms in total. The molecule has 3 N–H and O–H groups in total.